The molecule has 0 spiro atoms. The van der Waals surface area contributed by atoms with Crippen LogP contribution in [0.15, 0.2) is 30.3 Å². The van der Waals surface area contributed by atoms with Gasteiger partial charge in [-0.25, -0.2) is 0 Å². The molecule has 1 aromatic rings. The molecule has 4 nitrogen and oxygen atoms in total. The van der Waals surface area contributed by atoms with E-state index in [0.29, 0.717) is 18.5 Å². The third-order valence-corrected chi connectivity index (χ3v) is 4.13. The van der Waals surface area contributed by atoms with Crippen LogP contribution in [-0.2, 0) is 11.3 Å². The van der Waals surface area contributed by atoms with Crippen LogP contribution in [0.2, 0.25) is 0 Å². The van der Waals surface area contributed by atoms with E-state index in [0.717, 1.165) is 32.5 Å². The molecule has 2 N–H and O–H groups in total. The summed E-state index contributed by atoms with van der Waals surface area (Å²) >= 11 is 0. The maximum absolute atomic E-state index is 11.9. The molecule has 2 unspecified atom stereocenters. The molecule has 0 saturated carbocycles. The van der Waals surface area contributed by atoms with Crippen LogP contribution in [0.1, 0.15) is 31.7 Å². The van der Waals surface area contributed by atoms with Crippen LogP contribution in [0, 0.1) is 0 Å². The Morgan fingerprint density at radius 1 is 1.26 bits per heavy atom. The Morgan fingerprint density at radius 2 is 1.96 bits per heavy atom. The van der Waals surface area contributed by atoms with E-state index in [4.69, 9.17) is 0 Å². The highest BCUT2D eigenvalue weighted by Crippen LogP contribution is 2.20. The molecule has 6 heteroatoms. The minimum absolute atomic E-state index is 0. The predicted octanol–water partition coefficient (Wildman–Crippen LogP) is 2.61. The summed E-state index contributed by atoms with van der Waals surface area (Å²) < 4.78 is 0. The van der Waals surface area contributed by atoms with Crippen LogP contribution >= 0.6 is 24.8 Å². The van der Waals surface area contributed by atoms with Gasteiger partial charge in [0.25, 0.3) is 0 Å². The van der Waals surface area contributed by atoms with Crippen molar-refractivity contribution in [3.63, 3.8) is 0 Å². The van der Waals surface area contributed by atoms with Gasteiger partial charge in [0.1, 0.15) is 0 Å². The zero-order chi connectivity index (χ0) is 15.1. The van der Waals surface area contributed by atoms with Crippen molar-refractivity contribution in [3.8, 4) is 0 Å². The first-order valence-electron chi connectivity index (χ1n) is 7.91. The molecule has 0 radical (unpaired) electrons. The lowest BCUT2D eigenvalue weighted by Crippen LogP contribution is -2.37. The van der Waals surface area contributed by atoms with Gasteiger partial charge < -0.3 is 10.6 Å². The van der Waals surface area contributed by atoms with Crippen LogP contribution in [0.4, 0.5) is 0 Å². The molecule has 1 aromatic carbocycles. The highest BCUT2D eigenvalue weighted by atomic mass is 35.5. The number of benzene rings is 1. The molecule has 2 atom stereocenters. The zero-order valence-corrected chi connectivity index (χ0v) is 15.6. The molecule has 1 saturated heterocycles. The smallest absolute Gasteiger partial charge is 0.220 e. The number of halogens is 2. The fourth-order valence-corrected chi connectivity index (χ4v) is 2.97. The van der Waals surface area contributed by atoms with E-state index in [9.17, 15) is 4.79 Å². The van der Waals surface area contributed by atoms with Gasteiger partial charge >= 0.3 is 0 Å². The zero-order valence-electron chi connectivity index (χ0n) is 14.0. The Morgan fingerprint density at radius 3 is 2.61 bits per heavy atom. The highest BCUT2D eigenvalue weighted by molar-refractivity contribution is 5.85. The third-order valence-electron chi connectivity index (χ3n) is 4.13. The van der Waals surface area contributed by atoms with Crippen molar-refractivity contribution in [1.82, 2.24) is 15.5 Å². The fraction of sp³-hybridized carbons (Fsp3) is 0.588. The highest BCUT2D eigenvalue weighted by Gasteiger charge is 2.29. The molecule has 1 aliphatic heterocycles. The molecule has 0 aliphatic carbocycles. The van der Waals surface area contributed by atoms with E-state index in [1.807, 2.05) is 13.1 Å². The van der Waals surface area contributed by atoms with E-state index >= 15 is 0 Å². The van der Waals surface area contributed by atoms with Crippen molar-refractivity contribution in [2.45, 2.75) is 44.8 Å². The summed E-state index contributed by atoms with van der Waals surface area (Å²) in [5, 5.41) is 6.25. The standard InChI is InChI=1S/C17H27N3O.2ClH/c1-14-11-16(19-17(21)9-6-10-18-2)13-20(14)12-15-7-4-3-5-8-15;;/h3-5,7-8,14,16,18H,6,9-13H2,1-2H3,(H,19,21);2*1H. The summed E-state index contributed by atoms with van der Waals surface area (Å²) in [6.45, 7) is 5.06. The van der Waals surface area contributed by atoms with Gasteiger partial charge in [-0.1, -0.05) is 30.3 Å². The largest absolute Gasteiger partial charge is 0.352 e. The summed E-state index contributed by atoms with van der Waals surface area (Å²) in [5.41, 5.74) is 1.34. The number of hydrogen-bond acceptors (Lipinski definition) is 3. The number of rotatable bonds is 7. The fourth-order valence-electron chi connectivity index (χ4n) is 2.97. The molecular formula is C17H29Cl2N3O. The minimum atomic E-state index is 0. The monoisotopic (exact) mass is 361 g/mol. The first-order valence-corrected chi connectivity index (χ1v) is 7.91. The summed E-state index contributed by atoms with van der Waals surface area (Å²) in [6, 6.07) is 11.4. The Balaban J connectivity index is 0.00000242. The second kappa shape index (κ2) is 11.7. The van der Waals surface area contributed by atoms with Crippen molar-refractivity contribution in [1.29, 1.82) is 0 Å². The molecular weight excluding hydrogens is 333 g/mol. The average molecular weight is 362 g/mol. The van der Waals surface area contributed by atoms with Crippen molar-refractivity contribution < 1.29 is 4.79 Å². The quantitative estimate of drug-likeness (QED) is 0.733. The van der Waals surface area contributed by atoms with Crippen LogP contribution in [0.25, 0.3) is 0 Å². The summed E-state index contributed by atoms with van der Waals surface area (Å²) in [6.07, 6.45) is 2.56. The average Bonchev–Trinajstić information content (AvgIpc) is 2.80. The van der Waals surface area contributed by atoms with Crippen LogP contribution in [0.3, 0.4) is 0 Å². The lowest BCUT2D eigenvalue weighted by molar-refractivity contribution is -0.121. The van der Waals surface area contributed by atoms with Gasteiger partial charge in [-0.15, -0.1) is 24.8 Å². The Bertz CT molecular complexity index is 445. The third kappa shape index (κ3) is 7.53. The van der Waals surface area contributed by atoms with Gasteiger partial charge in [0.05, 0.1) is 0 Å². The maximum Gasteiger partial charge on any atom is 0.220 e. The minimum Gasteiger partial charge on any atom is -0.352 e. The van der Waals surface area contributed by atoms with Gasteiger partial charge in [-0.3, -0.25) is 9.69 Å². The van der Waals surface area contributed by atoms with Gasteiger partial charge in [-0.05, 0) is 38.9 Å². The Hall–Kier alpha value is -0.810. The lowest BCUT2D eigenvalue weighted by atomic mass is 10.2. The van der Waals surface area contributed by atoms with Crippen molar-refractivity contribution in [2.24, 2.45) is 0 Å². The van der Waals surface area contributed by atoms with Crippen molar-refractivity contribution in [3.05, 3.63) is 35.9 Å². The van der Waals surface area contributed by atoms with Gasteiger partial charge in [0.15, 0.2) is 0 Å². The molecule has 1 fully saturated rings. The molecule has 2 rings (SSSR count). The molecule has 0 aromatic heterocycles. The molecule has 1 aliphatic rings. The SMILES string of the molecule is CNCCCC(=O)NC1CC(C)N(Cc2ccccc2)C1.Cl.Cl. The number of nitrogens with one attached hydrogen (secondary N) is 2. The van der Waals surface area contributed by atoms with Crippen molar-refractivity contribution in [2.75, 3.05) is 20.1 Å². The number of likely N-dealkylation sites (tertiary alicyclic amines) is 1. The maximum atomic E-state index is 11.9. The number of carbonyl (C=O) groups excluding carboxylic acids is 1. The first kappa shape index (κ1) is 22.2. The van der Waals surface area contributed by atoms with Crippen LogP contribution < -0.4 is 10.6 Å². The summed E-state index contributed by atoms with van der Waals surface area (Å²) in [4.78, 5) is 14.3. The number of hydrogen-bond donors (Lipinski definition) is 2. The first-order chi connectivity index (χ1) is 10.2. The number of nitrogens with zero attached hydrogens (tertiary/aromatic N) is 1. The van der Waals surface area contributed by atoms with E-state index in [-0.39, 0.29) is 30.7 Å². The van der Waals surface area contributed by atoms with Gasteiger partial charge in [0.2, 0.25) is 5.91 Å². The predicted molar refractivity (Wildman–Crippen MR) is 101 cm³/mol. The summed E-state index contributed by atoms with van der Waals surface area (Å²) in [5.74, 6) is 0.184. The van der Waals surface area contributed by atoms with E-state index in [2.05, 4.69) is 46.7 Å². The molecule has 1 amide bonds. The second-order valence-electron chi connectivity index (χ2n) is 5.97. The molecule has 132 valence electrons. The number of amides is 1. The van der Waals surface area contributed by atoms with E-state index in [1.54, 1.807) is 0 Å². The number of carbonyl (C=O) groups is 1. The van der Waals surface area contributed by atoms with E-state index < -0.39 is 0 Å². The molecule has 0 bridgehead atoms. The van der Waals surface area contributed by atoms with Crippen molar-refractivity contribution >= 4 is 30.7 Å². The van der Waals surface area contributed by atoms with Gasteiger partial charge in [-0.2, -0.15) is 0 Å². The van der Waals surface area contributed by atoms with Gasteiger partial charge in [0, 0.05) is 31.6 Å². The second-order valence-corrected chi connectivity index (χ2v) is 5.97. The van der Waals surface area contributed by atoms with Crippen LogP contribution in [-0.4, -0.2) is 43.0 Å². The molecule has 1 heterocycles. The Kier molecular flexibility index (Phi) is 11.3. The lowest BCUT2D eigenvalue weighted by Gasteiger charge is -2.20. The normalized spacial score (nSPS) is 20.4. The Labute approximate surface area is 152 Å². The molecule has 23 heavy (non-hydrogen) atoms. The van der Waals surface area contributed by atoms with Crippen LogP contribution in [0.5, 0.6) is 0 Å². The van der Waals surface area contributed by atoms with E-state index in [1.165, 1.54) is 5.56 Å². The summed E-state index contributed by atoms with van der Waals surface area (Å²) in [7, 11) is 1.91. The topological polar surface area (TPSA) is 44.4 Å².